The number of aryl methyl sites for hydroxylation is 2. The fourth-order valence-electron chi connectivity index (χ4n) is 2.00. The zero-order valence-electron chi connectivity index (χ0n) is 10.9. The van der Waals surface area contributed by atoms with Gasteiger partial charge in [0.15, 0.2) is 0 Å². The zero-order valence-corrected chi connectivity index (χ0v) is 12.4. The molecule has 0 fully saturated rings. The van der Waals surface area contributed by atoms with Crippen molar-refractivity contribution in [3.8, 4) is 0 Å². The van der Waals surface area contributed by atoms with Crippen molar-refractivity contribution < 1.29 is 4.39 Å². The lowest BCUT2D eigenvalue weighted by molar-refractivity contribution is 0.606. The van der Waals surface area contributed by atoms with Crippen molar-refractivity contribution in [2.75, 3.05) is 0 Å². The van der Waals surface area contributed by atoms with Crippen LogP contribution in [0, 0.1) is 19.7 Å². The van der Waals surface area contributed by atoms with Crippen LogP contribution in [0.1, 0.15) is 27.6 Å². The fourth-order valence-corrected chi connectivity index (χ4v) is 2.52. The summed E-state index contributed by atoms with van der Waals surface area (Å²) in [6.07, 6.45) is 0.598. The van der Waals surface area contributed by atoms with E-state index in [4.69, 9.17) is 23.2 Å². The summed E-state index contributed by atoms with van der Waals surface area (Å²) in [5.41, 5.74) is 4.06. The Bertz CT molecular complexity index is 593. The number of hydrogen-bond acceptors (Lipinski definition) is 0. The van der Waals surface area contributed by atoms with Gasteiger partial charge in [-0.25, -0.2) is 4.39 Å². The maximum absolute atomic E-state index is 13.8. The highest BCUT2D eigenvalue weighted by Gasteiger charge is 2.14. The van der Waals surface area contributed by atoms with E-state index in [1.807, 2.05) is 6.07 Å². The van der Waals surface area contributed by atoms with Crippen LogP contribution in [-0.4, -0.2) is 0 Å². The summed E-state index contributed by atoms with van der Waals surface area (Å²) in [5, 5.41) is -0.00401. The number of hydrogen-bond donors (Lipinski definition) is 0. The third-order valence-corrected chi connectivity index (χ3v) is 3.91. The van der Waals surface area contributed by atoms with E-state index in [0.29, 0.717) is 17.0 Å². The number of halogens is 3. The largest absolute Gasteiger partial charge is 0.207 e. The van der Waals surface area contributed by atoms with Crippen LogP contribution in [0.4, 0.5) is 4.39 Å². The molecule has 0 saturated carbocycles. The quantitative estimate of drug-likeness (QED) is 0.645. The Morgan fingerprint density at radius 3 is 2.42 bits per heavy atom. The molecule has 2 aromatic carbocycles. The van der Waals surface area contributed by atoms with Gasteiger partial charge in [0.1, 0.15) is 5.82 Å². The van der Waals surface area contributed by atoms with E-state index in [2.05, 4.69) is 26.0 Å². The monoisotopic (exact) mass is 296 g/mol. The summed E-state index contributed by atoms with van der Waals surface area (Å²) in [6, 6.07) is 10.8. The molecule has 0 heterocycles. The van der Waals surface area contributed by atoms with Crippen LogP contribution in [0.15, 0.2) is 36.4 Å². The van der Waals surface area contributed by atoms with Gasteiger partial charge >= 0.3 is 0 Å². The molecule has 2 aromatic rings. The molecule has 0 aliphatic carbocycles. The predicted molar refractivity (Wildman–Crippen MR) is 79.6 cm³/mol. The van der Waals surface area contributed by atoms with Crippen LogP contribution in [0.5, 0.6) is 0 Å². The summed E-state index contributed by atoms with van der Waals surface area (Å²) in [7, 11) is 0. The van der Waals surface area contributed by atoms with Crippen LogP contribution in [0.2, 0.25) is 5.02 Å². The molecule has 100 valence electrons. The van der Waals surface area contributed by atoms with Gasteiger partial charge in [-0.15, -0.1) is 11.6 Å². The minimum Gasteiger partial charge on any atom is -0.207 e. The molecule has 0 amide bonds. The van der Waals surface area contributed by atoms with Crippen molar-refractivity contribution in [3.05, 3.63) is 69.5 Å². The first-order valence-corrected chi connectivity index (χ1v) is 6.94. The molecule has 0 aliphatic rings. The van der Waals surface area contributed by atoms with E-state index < -0.39 is 0 Å². The molecule has 1 unspecified atom stereocenters. The molecule has 0 bridgehead atoms. The van der Waals surface area contributed by atoms with E-state index in [9.17, 15) is 4.39 Å². The van der Waals surface area contributed by atoms with Crippen molar-refractivity contribution in [3.63, 3.8) is 0 Å². The van der Waals surface area contributed by atoms with Crippen molar-refractivity contribution in [1.82, 2.24) is 0 Å². The molecule has 1 atom stereocenters. The topological polar surface area (TPSA) is 0 Å². The Labute approximate surface area is 123 Å². The van der Waals surface area contributed by atoms with Gasteiger partial charge < -0.3 is 0 Å². The zero-order chi connectivity index (χ0) is 14.0. The normalized spacial score (nSPS) is 12.5. The fraction of sp³-hybridized carbons (Fsp3) is 0.250. The maximum Gasteiger partial charge on any atom is 0.129 e. The molecule has 2 rings (SSSR count). The van der Waals surface area contributed by atoms with Gasteiger partial charge in [0.2, 0.25) is 0 Å². The summed E-state index contributed by atoms with van der Waals surface area (Å²) in [5.74, 6) is -0.351. The first-order chi connectivity index (χ1) is 8.97. The Morgan fingerprint density at radius 2 is 1.79 bits per heavy atom. The number of rotatable bonds is 3. The minimum absolute atomic E-state index is 0.351. The average Bonchev–Trinajstić information content (AvgIpc) is 2.33. The maximum atomic E-state index is 13.8. The predicted octanol–water partition coefficient (Wildman–Crippen LogP) is 5.62. The van der Waals surface area contributed by atoms with Gasteiger partial charge in [0.25, 0.3) is 0 Å². The van der Waals surface area contributed by atoms with E-state index in [1.165, 1.54) is 17.2 Å². The highest BCUT2D eigenvalue weighted by molar-refractivity contribution is 6.30. The minimum atomic E-state index is -0.389. The molecule has 0 nitrogen and oxygen atoms in total. The van der Waals surface area contributed by atoms with Crippen LogP contribution < -0.4 is 0 Å². The Balaban J connectivity index is 2.20. The molecule has 0 N–H and O–H groups in total. The van der Waals surface area contributed by atoms with Gasteiger partial charge in [-0.1, -0.05) is 35.9 Å². The summed E-state index contributed by atoms with van der Waals surface area (Å²) < 4.78 is 13.8. The molecule has 0 aliphatic heterocycles. The van der Waals surface area contributed by atoms with Gasteiger partial charge in [-0.05, 0) is 49.1 Å². The molecule has 0 spiro atoms. The van der Waals surface area contributed by atoms with Crippen LogP contribution in [0.25, 0.3) is 0 Å². The van der Waals surface area contributed by atoms with Crippen LogP contribution >= 0.6 is 23.2 Å². The van der Waals surface area contributed by atoms with Crippen molar-refractivity contribution in [2.24, 2.45) is 0 Å². The highest BCUT2D eigenvalue weighted by Crippen LogP contribution is 2.29. The van der Waals surface area contributed by atoms with Gasteiger partial charge in [0.05, 0.1) is 5.38 Å². The standard InChI is InChI=1S/C16H15Cl2F/c1-10-3-4-12(7-11(10)2)8-15(18)14-6-5-13(17)9-16(14)19/h3-7,9,15H,8H2,1-2H3. The molecular formula is C16H15Cl2F. The Hall–Kier alpha value is -1.05. The molecule has 19 heavy (non-hydrogen) atoms. The van der Waals surface area contributed by atoms with E-state index in [1.54, 1.807) is 12.1 Å². The summed E-state index contributed by atoms with van der Waals surface area (Å²) in [4.78, 5) is 0. The number of benzene rings is 2. The molecule has 3 heteroatoms. The lowest BCUT2D eigenvalue weighted by Crippen LogP contribution is -1.99. The SMILES string of the molecule is Cc1ccc(CC(Cl)c2ccc(Cl)cc2F)cc1C. The third-order valence-electron chi connectivity index (χ3n) is 3.29. The third kappa shape index (κ3) is 3.49. The number of alkyl halides is 1. The lowest BCUT2D eigenvalue weighted by atomic mass is 10.00. The second-order valence-corrected chi connectivity index (χ2v) is 5.72. The highest BCUT2D eigenvalue weighted by atomic mass is 35.5. The first kappa shape index (κ1) is 14.4. The molecular weight excluding hydrogens is 282 g/mol. The second-order valence-electron chi connectivity index (χ2n) is 4.76. The molecule has 0 aromatic heterocycles. The van der Waals surface area contributed by atoms with Gasteiger partial charge in [-0.3, -0.25) is 0 Å². The summed E-state index contributed by atoms with van der Waals surface area (Å²) >= 11 is 12.0. The Kier molecular flexibility index (Phi) is 4.49. The summed E-state index contributed by atoms with van der Waals surface area (Å²) in [6.45, 7) is 4.13. The lowest BCUT2D eigenvalue weighted by Gasteiger charge is -2.12. The van der Waals surface area contributed by atoms with E-state index in [0.717, 1.165) is 5.56 Å². The van der Waals surface area contributed by atoms with E-state index >= 15 is 0 Å². The van der Waals surface area contributed by atoms with Crippen LogP contribution in [-0.2, 0) is 6.42 Å². The molecule has 0 radical (unpaired) electrons. The van der Waals surface area contributed by atoms with Gasteiger partial charge in [0, 0.05) is 10.6 Å². The second kappa shape index (κ2) is 5.94. The molecule has 0 saturated heterocycles. The first-order valence-electron chi connectivity index (χ1n) is 6.12. The van der Waals surface area contributed by atoms with Crippen molar-refractivity contribution in [1.29, 1.82) is 0 Å². The van der Waals surface area contributed by atoms with Crippen molar-refractivity contribution >= 4 is 23.2 Å². The van der Waals surface area contributed by atoms with Crippen molar-refractivity contribution in [2.45, 2.75) is 25.6 Å². The Morgan fingerprint density at radius 1 is 1.05 bits per heavy atom. The van der Waals surface area contributed by atoms with E-state index in [-0.39, 0.29) is 11.2 Å². The average molecular weight is 297 g/mol. The van der Waals surface area contributed by atoms with Gasteiger partial charge in [-0.2, -0.15) is 0 Å². The van der Waals surface area contributed by atoms with Crippen LogP contribution in [0.3, 0.4) is 0 Å². The smallest absolute Gasteiger partial charge is 0.129 e.